The normalized spacial score (nSPS) is 13.5. The molecule has 0 saturated carbocycles. The predicted octanol–water partition coefficient (Wildman–Crippen LogP) is 6.32. The van der Waals surface area contributed by atoms with Gasteiger partial charge in [0.1, 0.15) is 11.6 Å². The fraction of sp³-hybridized carbons (Fsp3) is 0.333. The molecule has 1 aliphatic heterocycles. The van der Waals surface area contributed by atoms with Crippen LogP contribution in [-0.2, 0) is 4.79 Å². The van der Waals surface area contributed by atoms with Crippen LogP contribution in [0.15, 0.2) is 53.0 Å². The van der Waals surface area contributed by atoms with Crippen LogP contribution in [0.1, 0.15) is 38.7 Å². The third-order valence-electron chi connectivity index (χ3n) is 4.96. The molecule has 1 heterocycles. The SMILES string of the molecule is CCCN(CCC)C(=O)C1=Cc2ccc(-c3ccc(OSC(F)(F)F)cc3)cc2N=C(N)C1. The van der Waals surface area contributed by atoms with Crippen molar-refractivity contribution in [2.75, 3.05) is 13.1 Å². The molecule has 5 nitrogen and oxygen atoms in total. The molecule has 3 rings (SSSR count). The van der Waals surface area contributed by atoms with Crippen LogP contribution in [0.4, 0.5) is 18.9 Å². The molecule has 0 radical (unpaired) electrons. The van der Waals surface area contributed by atoms with Crippen LogP contribution in [0.25, 0.3) is 17.2 Å². The molecule has 0 fully saturated rings. The lowest BCUT2D eigenvalue weighted by Gasteiger charge is -2.22. The summed E-state index contributed by atoms with van der Waals surface area (Å²) in [5.74, 6) is 0.431. The van der Waals surface area contributed by atoms with Gasteiger partial charge in [0.25, 0.3) is 0 Å². The number of nitrogens with zero attached hydrogens (tertiary/aromatic N) is 2. The summed E-state index contributed by atoms with van der Waals surface area (Å²) in [6.07, 6.45) is 3.87. The summed E-state index contributed by atoms with van der Waals surface area (Å²) in [4.78, 5) is 19.4. The minimum Gasteiger partial charge on any atom is -0.417 e. The Kier molecular flexibility index (Phi) is 8.07. The maximum absolute atomic E-state index is 13.1. The summed E-state index contributed by atoms with van der Waals surface area (Å²) in [6.45, 7) is 5.46. The lowest BCUT2D eigenvalue weighted by Crippen LogP contribution is -2.34. The van der Waals surface area contributed by atoms with Crippen molar-refractivity contribution in [3.63, 3.8) is 0 Å². The molecule has 2 aromatic carbocycles. The summed E-state index contributed by atoms with van der Waals surface area (Å²) >= 11 is -0.549. The van der Waals surface area contributed by atoms with E-state index in [4.69, 9.17) is 5.73 Å². The molecule has 0 unspecified atom stereocenters. The second kappa shape index (κ2) is 10.8. The lowest BCUT2D eigenvalue weighted by molar-refractivity contribution is -0.127. The molecule has 0 aromatic heterocycles. The van der Waals surface area contributed by atoms with Gasteiger partial charge in [-0.2, -0.15) is 13.2 Å². The van der Waals surface area contributed by atoms with Gasteiger partial charge in [-0.25, -0.2) is 4.99 Å². The van der Waals surface area contributed by atoms with Gasteiger partial charge >= 0.3 is 5.51 Å². The van der Waals surface area contributed by atoms with Crippen molar-refractivity contribution in [3.8, 4) is 16.9 Å². The lowest BCUT2D eigenvalue weighted by atomic mass is 10.0. The summed E-state index contributed by atoms with van der Waals surface area (Å²) < 4.78 is 41.6. The predicted molar refractivity (Wildman–Crippen MR) is 127 cm³/mol. The summed E-state index contributed by atoms with van der Waals surface area (Å²) in [5, 5.41) is 0. The zero-order valence-corrected chi connectivity index (χ0v) is 19.3. The number of carbonyl (C=O) groups is 1. The summed E-state index contributed by atoms with van der Waals surface area (Å²) in [7, 11) is 0. The van der Waals surface area contributed by atoms with E-state index in [-0.39, 0.29) is 18.1 Å². The molecule has 0 spiro atoms. The van der Waals surface area contributed by atoms with Crippen LogP contribution in [0.5, 0.6) is 5.75 Å². The maximum atomic E-state index is 13.1. The number of fused-ring (bicyclic) bond motifs is 1. The average molecular weight is 478 g/mol. The fourth-order valence-electron chi connectivity index (χ4n) is 3.56. The molecule has 2 aromatic rings. The van der Waals surface area contributed by atoms with Crippen molar-refractivity contribution in [3.05, 3.63) is 53.6 Å². The van der Waals surface area contributed by atoms with Gasteiger partial charge in [-0.3, -0.25) is 4.79 Å². The van der Waals surface area contributed by atoms with Gasteiger partial charge < -0.3 is 14.8 Å². The van der Waals surface area contributed by atoms with Gasteiger partial charge in [0.05, 0.1) is 5.69 Å². The fourth-order valence-corrected chi connectivity index (χ4v) is 3.87. The number of rotatable bonds is 8. The Bertz CT molecular complexity index is 1040. The van der Waals surface area contributed by atoms with Crippen molar-refractivity contribution in [2.24, 2.45) is 10.7 Å². The van der Waals surface area contributed by atoms with Crippen molar-refractivity contribution in [1.29, 1.82) is 0 Å². The molecule has 176 valence electrons. The zero-order valence-electron chi connectivity index (χ0n) is 18.5. The number of amidine groups is 1. The highest BCUT2D eigenvalue weighted by atomic mass is 32.2. The van der Waals surface area contributed by atoms with E-state index in [0.717, 1.165) is 29.5 Å². The van der Waals surface area contributed by atoms with E-state index in [9.17, 15) is 18.0 Å². The van der Waals surface area contributed by atoms with Crippen LogP contribution >= 0.6 is 12.0 Å². The van der Waals surface area contributed by atoms with Gasteiger partial charge in [0.15, 0.2) is 12.0 Å². The summed E-state index contributed by atoms with van der Waals surface area (Å²) in [5.41, 5.74) is 5.31. The monoisotopic (exact) mass is 477 g/mol. The zero-order chi connectivity index (χ0) is 24.0. The van der Waals surface area contributed by atoms with Crippen LogP contribution in [0.2, 0.25) is 0 Å². The first-order chi connectivity index (χ1) is 15.7. The van der Waals surface area contributed by atoms with E-state index in [2.05, 4.69) is 9.18 Å². The van der Waals surface area contributed by atoms with E-state index in [1.165, 1.54) is 12.1 Å². The molecule has 0 aliphatic carbocycles. The van der Waals surface area contributed by atoms with Gasteiger partial charge in [-0.1, -0.05) is 38.1 Å². The van der Waals surface area contributed by atoms with Gasteiger partial charge in [0, 0.05) is 30.6 Å². The minimum absolute atomic E-state index is 0.0268. The number of aliphatic imine (C=N–C) groups is 1. The number of hydrogen-bond donors (Lipinski definition) is 1. The quantitative estimate of drug-likeness (QED) is 0.452. The minimum atomic E-state index is -4.47. The van der Waals surface area contributed by atoms with Crippen molar-refractivity contribution in [1.82, 2.24) is 4.90 Å². The van der Waals surface area contributed by atoms with Crippen molar-refractivity contribution in [2.45, 2.75) is 38.6 Å². The molecule has 0 saturated heterocycles. The van der Waals surface area contributed by atoms with Crippen molar-refractivity contribution < 1.29 is 22.1 Å². The number of alkyl halides is 3. The van der Waals surface area contributed by atoms with E-state index in [1.807, 2.05) is 43.0 Å². The van der Waals surface area contributed by atoms with E-state index in [1.54, 1.807) is 12.1 Å². The highest BCUT2D eigenvalue weighted by molar-refractivity contribution is 7.95. The number of hydrogen-bond acceptors (Lipinski definition) is 5. The third-order valence-corrected chi connectivity index (χ3v) is 5.43. The number of nitrogens with two attached hydrogens (primary N) is 1. The Balaban J connectivity index is 1.85. The molecular weight excluding hydrogens is 451 g/mol. The molecule has 9 heteroatoms. The number of amides is 1. The Labute approximate surface area is 195 Å². The first-order valence-electron chi connectivity index (χ1n) is 10.7. The molecule has 0 atom stereocenters. The summed E-state index contributed by atoms with van der Waals surface area (Å²) in [6, 6.07) is 11.9. The van der Waals surface area contributed by atoms with E-state index >= 15 is 0 Å². The van der Waals surface area contributed by atoms with Gasteiger partial charge in [0.2, 0.25) is 5.91 Å². The Hall–Kier alpha value is -2.94. The molecule has 33 heavy (non-hydrogen) atoms. The van der Waals surface area contributed by atoms with Gasteiger partial charge in [-0.05, 0) is 48.2 Å². The van der Waals surface area contributed by atoms with Crippen LogP contribution < -0.4 is 9.92 Å². The second-order valence-corrected chi connectivity index (χ2v) is 8.45. The Morgan fingerprint density at radius 1 is 1.09 bits per heavy atom. The highest BCUT2D eigenvalue weighted by Crippen LogP contribution is 2.35. The molecule has 1 aliphatic rings. The topological polar surface area (TPSA) is 67.9 Å². The number of benzene rings is 2. The highest BCUT2D eigenvalue weighted by Gasteiger charge is 2.31. The van der Waals surface area contributed by atoms with E-state index in [0.29, 0.717) is 30.2 Å². The number of carbonyl (C=O) groups excluding carboxylic acids is 1. The van der Waals surface area contributed by atoms with Crippen LogP contribution in [0.3, 0.4) is 0 Å². The molecular formula is C24H26F3N3O2S. The maximum Gasteiger partial charge on any atom is 0.479 e. The smallest absolute Gasteiger partial charge is 0.417 e. The standard InChI is InChI=1S/C24H26F3N3O2S/c1-3-11-30(12-4-2)23(31)19-13-18-6-5-17(14-21(18)29-22(28)15-19)16-7-9-20(10-8-16)32-33-24(25,26)27/h5-10,13-14H,3-4,11-12,15H2,1-2H3,(H2,28,29). The van der Waals surface area contributed by atoms with Crippen LogP contribution in [-0.4, -0.2) is 35.2 Å². The van der Waals surface area contributed by atoms with E-state index < -0.39 is 17.6 Å². The second-order valence-electron chi connectivity index (χ2n) is 7.65. The van der Waals surface area contributed by atoms with Crippen molar-refractivity contribution >= 4 is 35.5 Å². The van der Waals surface area contributed by atoms with Gasteiger partial charge in [-0.15, -0.1) is 0 Å². The third kappa shape index (κ3) is 6.77. The molecule has 1 amide bonds. The molecule has 0 bridgehead atoms. The Morgan fingerprint density at radius 2 is 1.73 bits per heavy atom. The molecule has 2 N–H and O–H groups in total. The Morgan fingerprint density at radius 3 is 2.33 bits per heavy atom. The average Bonchev–Trinajstić information content (AvgIpc) is 2.94. The largest absolute Gasteiger partial charge is 0.479 e. The van der Waals surface area contributed by atoms with Crippen LogP contribution in [0, 0.1) is 0 Å². The first kappa shape index (κ1) is 24.7. The number of halogens is 3. The first-order valence-corrected chi connectivity index (χ1v) is 11.4.